The first kappa shape index (κ1) is 14.3. The highest BCUT2D eigenvalue weighted by Crippen LogP contribution is 2.43. The van der Waals surface area contributed by atoms with E-state index in [1.807, 2.05) is 18.2 Å². The van der Waals surface area contributed by atoms with E-state index in [1.165, 1.54) is 31.2 Å². The van der Waals surface area contributed by atoms with E-state index in [0.29, 0.717) is 23.3 Å². The van der Waals surface area contributed by atoms with Gasteiger partial charge in [0.05, 0.1) is 0 Å². The Balaban J connectivity index is 1.92. The lowest BCUT2D eigenvalue weighted by molar-refractivity contribution is 0.0781. The Morgan fingerprint density at radius 1 is 1.33 bits per heavy atom. The molecule has 110 valence electrons. The minimum atomic E-state index is -0.255. The number of allylic oxidation sites excluding steroid dienone is 1. The van der Waals surface area contributed by atoms with Gasteiger partial charge in [0.15, 0.2) is 5.70 Å². The smallest absolute Gasteiger partial charge is 0.153 e. The third-order valence-electron chi connectivity index (χ3n) is 4.84. The molecule has 3 nitrogen and oxygen atoms in total. The topological polar surface area (TPSA) is 39.1 Å². The van der Waals surface area contributed by atoms with Crippen LogP contribution in [0.4, 0.5) is 0 Å². The van der Waals surface area contributed by atoms with Gasteiger partial charge in [-0.3, -0.25) is 0 Å². The van der Waals surface area contributed by atoms with Crippen LogP contribution in [0.15, 0.2) is 41.2 Å². The van der Waals surface area contributed by atoms with Gasteiger partial charge in [-0.25, -0.2) is 0 Å². The number of nitrogens with zero attached hydrogens (tertiary/aromatic N) is 2. The van der Waals surface area contributed by atoms with Gasteiger partial charge in [-0.2, -0.15) is 5.26 Å². The lowest BCUT2D eigenvalue weighted by Crippen LogP contribution is -2.54. The average molecular weight is 302 g/mol. The maximum absolute atomic E-state index is 9.49. The Bertz CT molecular complexity index is 584. The first-order valence-corrected chi connectivity index (χ1v) is 7.92. The molecule has 1 atom stereocenters. The lowest BCUT2D eigenvalue weighted by Gasteiger charge is -2.42. The van der Waals surface area contributed by atoms with Crippen molar-refractivity contribution >= 4 is 11.6 Å². The zero-order chi connectivity index (χ0) is 14.9. The number of rotatable bonds is 3. The molecule has 1 saturated carbocycles. The summed E-state index contributed by atoms with van der Waals surface area (Å²) in [5.41, 5.74) is 1.51. The Morgan fingerprint density at radius 3 is 2.62 bits per heavy atom. The fraction of sp³-hybridized carbons (Fsp3) is 0.471. The van der Waals surface area contributed by atoms with Gasteiger partial charge in [-0.05, 0) is 25.3 Å². The molecule has 0 spiro atoms. The van der Waals surface area contributed by atoms with Crippen LogP contribution in [0.3, 0.4) is 0 Å². The van der Waals surface area contributed by atoms with Crippen molar-refractivity contribution in [1.29, 1.82) is 5.26 Å². The van der Waals surface area contributed by atoms with Crippen LogP contribution >= 0.6 is 11.6 Å². The van der Waals surface area contributed by atoms with E-state index in [2.05, 4.69) is 35.3 Å². The number of hydrogen-bond acceptors (Lipinski definition) is 3. The third kappa shape index (κ3) is 2.49. The van der Waals surface area contributed by atoms with Crippen LogP contribution in [0.2, 0.25) is 0 Å². The van der Waals surface area contributed by atoms with E-state index in [9.17, 15) is 5.26 Å². The van der Waals surface area contributed by atoms with Crippen LogP contribution in [0.1, 0.15) is 38.2 Å². The van der Waals surface area contributed by atoms with Gasteiger partial charge in [-0.1, -0.05) is 54.8 Å². The van der Waals surface area contributed by atoms with Crippen molar-refractivity contribution in [2.24, 2.45) is 5.92 Å². The molecule has 1 aromatic rings. The molecule has 0 aromatic heterocycles. The number of benzene rings is 1. The average Bonchev–Trinajstić information content (AvgIpc) is 3.09. The normalized spacial score (nSPS) is 26.0. The van der Waals surface area contributed by atoms with Crippen LogP contribution in [0.5, 0.6) is 0 Å². The number of nitriles is 1. The zero-order valence-electron chi connectivity index (χ0n) is 12.3. The van der Waals surface area contributed by atoms with E-state index in [4.69, 9.17) is 11.6 Å². The monoisotopic (exact) mass is 301 g/mol. The predicted molar refractivity (Wildman–Crippen MR) is 84.0 cm³/mol. The fourth-order valence-corrected chi connectivity index (χ4v) is 3.96. The molecular weight excluding hydrogens is 282 g/mol. The van der Waals surface area contributed by atoms with E-state index in [1.54, 1.807) is 0 Å². The summed E-state index contributed by atoms with van der Waals surface area (Å²) >= 11 is 6.31. The highest BCUT2D eigenvalue weighted by Gasteiger charge is 2.47. The summed E-state index contributed by atoms with van der Waals surface area (Å²) < 4.78 is 0. The Labute approximate surface area is 131 Å². The maximum Gasteiger partial charge on any atom is 0.153 e. The minimum absolute atomic E-state index is 0.255. The molecule has 0 amide bonds. The second-order valence-corrected chi connectivity index (χ2v) is 6.48. The number of halogens is 1. The van der Waals surface area contributed by atoms with Gasteiger partial charge in [0.1, 0.15) is 16.9 Å². The van der Waals surface area contributed by atoms with E-state index >= 15 is 0 Å². The summed E-state index contributed by atoms with van der Waals surface area (Å²) in [6.07, 6.45) is 4.91. The van der Waals surface area contributed by atoms with Crippen LogP contribution in [-0.4, -0.2) is 10.6 Å². The molecule has 3 rings (SSSR count). The molecule has 1 aromatic carbocycles. The van der Waals surface area contributed by atoms with Gasteiger partial charge in [0, 0.05) is 12.5 Å². The summed E-state index contributed by atoms with van der Waals surface area (Å²) in [7, 11) is 0. The molecule has 1 aliphatic heterocycles. The molecule has 1 unspecified atom stereocenters. The first-order valence-electron chi connectivity index (χ1n) is 7.55. The Morgan fingerprint density at radius 2 is 2.00 bits per heavy atom. The van der Waals surface area contributed by atoms with Crippen LogP contribution < -0.4 is 5.32 Å². The highest BCUT2D eigenvalue weighted by molar-refractivity contribution is 6.30. The van der Waals surface area contributed by atoms with E-state index in [-0.39, 0.29) is 5.66 Å². The van der Waals surface area contributed by atoms with Gasteiger partial charge in [0.2, 0.25) is 0 Å². The quantitative estimate of drug-likeness (QED) is 0.860. The molecule has 0 bridgehead atoms. The van der Waals surface area contributed by atoms with Gasteiger partial charge < -0.3 is 10.2 Å². The van der Waals surface area contributed by atoms with E-state index < -0.39 is 0 Å². The Hall–Kier alpha value is -1.66. The summed E-state index contributed by atoms with van der Waals surface area (Å²) in [5.74, 6) is 0.529. The molecule has 1 aliphatic carbocycles. The zero-order valence-corrected chi connectivity index (χ0v) is 13.0. The number of hydrogen-bond donors (Lipinski definition) is 1. The molecule has 0 saturated heterocycles. The molecule has 0 radical (unpaired) electrons. The summed E-state index contributed by atoms with van der Waals surface area (Å²) in [5, 5.41) is 13.4. The largest absolute Gasteiger partial charge is 0.351 e. The van der Waals surface area contributed by atoms with Crippen molar-refractivity contribution in [2.75, 3.05) is 0 Å². The summed E-state index contributed by atoms with van der Waals surface area (Å²) in [6.45, 7) is 2.89. The molecule has 21 heavy (non-hydrogen) atoms. The van der Waals surface area contributed by atoms with Crippen molar-refractivity contribution in [2.45, 2.75) is 44.8 Å². The van der Waals surface area contributed by atoms with Crippen molar-refractivity contribution in [3.05, 3.63) is 46.7 Å². The van der Waals surface area contributed by atoms with Crippen LogP contribution in [0, 0.1) is 17.2 Å². The second kappa shape index (κ2) is 5.61. The van der Waals surface area contributed by atoms with Crippen molar-refractivity contribution in [3.63, 3.8) is 0 Å². The molecule has 1 fully saturated rings. The lowest BCUT2D eigenvalue weighted by atomic mass is 9.91. The summed E-state index contributed by atoms with van der Waals surface area (Å²) in [6, 6.07) is 12.5. The Kier molecular flexibility index (Phi) is 3.82. The molecule has 2 aliphatic rings. The summed E-state index contributed by atoms with van der Waals surface area (Å²) in [4.78, 5) is 2.15. The minimum Gasteiger partial charge on any atom is -0.351 e. The van der Waals surface area contributed by atoms with Crippen molar-refractivity contribution < 1.29 is 0 Å². The van der Waals surface area contributed by atoms with Gasteiger partial charge in [-0.15, -0.1) is 0 Å². The molecule has 1 N–H and O–H groups in total. The number of nitrogens with one attached hydrogen (secondary N) is 1. The SMILES string of the molecule is CC1(C2CCCC2)NC(Cl)=C(C#N)N1Cc1ccccc1. The molecule has 4 heteroatoms. The first-order chi connectivity index (χ1) is 10.1. The highest BCUT2D eigenvalue weighted by atomic mass is 35.5. The molecule has 1 heterocycles. The van der Waals surface area contributed by atoms with Crippen LogP contribution in [0.25, 0.3) is 0 Å². The maximum atomic E-state index is 9.49. The van der Waals surface area contributed by atoms with Gasteiger partial charge >= 0.3 is 0 Å². The third-order valence-corrected chi connectivity index (χ3v) is 5.11. The van der Waals surface area contributed by atoms with Gasteiger partial charge in [0.25, 0.3) is 0 Å². The molecular formula is C17H20ClN3. The fourth-order valence-electron chi connectivity index (χ4n) is 3.63. The van der Waals surface area contributed by atoms with Crippen LogP contribution in [-0.2, 0) is 6.54 Å². The van der Waals surface area contributed by atoms with Crippen molar-refractivity contribution in [1.82, 2.24) is 10.2 Å². The predicted octanol–water partition coefficient (Wildman–Crippen LogP) is 3.93. The standard InChI is InChI=1S/C17H20ClN3/c1-17(14-9-5-6-10-14)20-16(18)15(11-19)21(17)12-13-7-3-2-4-8-13/h2-4,7-8,14,20H,5-6,9-10,12H2,1H3. The second-order valence-electron chi connectivity index (χ2n) is 6.10. The van der Waals surface area contributed by atoms with E-state index in [0.717, 1.165) is 0 Å². The van der Waals surface area contributed by atoms with Crippen molar-refractivity contribution in [3.8, 4) is 6.07 Å².